The van der Waals surface area contributed by atoms with Crippen LogP contribution in [0.15, 0.2) is 55.3 Å². The molecule has 134 valence electrons. The van der Waals surface area contributed by atoms with Crippen molar-refractivity contribution in [3.05, 3.63) is 66.4 Å². The van der Waals surface area contributed by atoms with Crippen LogP contribution in [-0.2, 0) is 10.8 Å². The Labute approximate surface area is 160 Å². The van der Waals surface area contributed by atoms with Gasteiger partial charge < -0.3 is 5.32 Å². The minimum atomic E-state index is 0.247. The standard InChI is InChI=1S/C24H27NS/c1-7-15(2)25-16-8-9-17-18-13-19-20(14-22(18)26-21(17)12-16)24(5,6)11-10-23(19,3)4/h7-9,12-14,25H,1-2,10-11H2,3-6H3. The molecule has 0 unspecified atom stereocenters. The van der Waals surface area contributed by atoms with E-state index in [-0.39, 0.29) is 10.8 Å². The fraction of sp³-hybridized carbons (Fsp3) is 0.333. The largest absolute Gasteiger partial charge is 0.356 e. The number of nitrogens with one attached hydrogen (secondary N) is 1. The van der Waals surface area contributed by atoms with E-state index >= 15 is 0 Å². The molecule has 3 aromatic rings. The van der Waals surface area contributed by atoms with Gasteiger partial charge in [-0.05, 0) is 65.1 Å². The van der Waals surface area contributed by atoms with Crippen molar-refractivity contribution >= 4 is 37.2 Å². The molecule has 0 saturated heterocycles. The summed E-state index contributed by atoms with van der Waals surface area (Å²) in [5.41, 5.74) is 5.46. The second-order valence-corrected chi connectivity index (χ2v) is 9.91. The smallest absolute Gasteiger partial charge is 0.0398 e. The summed E-state index contributed by atoms with van der Waals surface area (Å²) in [6, 6.07) is 11.5. The molecule has 0 atom stereocenters. The minimum Gasteiger partial charge on any atom is -0.356 e. The van der Waals surface area contributed by atoms with Crippen LogP contribution in [0, 0.1) is 0 Å². The number of benzene rings is 2. The lowest BCUT2D eigenvalue weighted by Crippen LogP contribution is -2.33. The first-order chi connectivity index (χ1) is 12.2. The molecule has 1 heterocycles. The van der Waals surface area contributed by atoms with E-state index in [0.29, 0.717) is 0 Å². The molecule has 1 nitrogen and oxygen atoms in total. The number of fused-ring (bicyclic) bond motifs is 4. The maximum absolute atomic E-state index is 3.95. The van der Waals surface area contributed by atoms with Gasteiger partial charge in [0.25, 0.3) is 0 Å². The molecule has 0 amide bonds. The molecule has 4 rings (SSSR count). The predicted molar refractivity (Wildman–Crippen MR) is 118 cm³/mol. The van der Waals surface area contributed by atoms with E-state index in [0.717, 1.165) is 11.4 Å². The van der Waals surface area contributed by atoms with Crippen molar-refractivity contribution in [2.75, 3.05) is 5.32 Å². The van der Waals surface area contributed by atoms with Crippen LogP contribution in [0.4, 0.5) is 5.69 Å². The van der Waals surface area contributed by atoms with Crippen molar-refractivity contribution in [3.8, 4) is 0 Å². The van der Waals surface area contributed by atoms with Gasteiger partial charge in [0.1, 0.15) is 0 Å². The van der Waals surface area contributed by atoms with Gasteiger partial charge in [-0.15, -0.1) is 11.3 Å². The number of hydrogen-bond acceptors (Lipinski definition) is 2. The number of rotatable bonds is 3. The summed E-state index contributed by atoms with van der Waals surface area (Å²) in [6.45, 7) is 17.3. The van der Waals surface area contributed by atoms with E-state index in [1.54, 1.807) is 6.08 Å². The highest BCUT2D eigenvalue weighted by molar-refractivity contribution is 7.25. The second kappa shape index (κ2) is 5.72. The summed E-state index contributed by atoms with van der Waals surface area (Å²) < 4.78 is 2.71. The highest BCUT2D eigenvalue weighted by Crippen LogP contribution is 2.49. The van der Waals surface area contributed by atoms with Crippen LogP contribution < -0.4 is 5.32 Å². The summed E-state index contributed by atoms with van der Waals surface area (Å²) in [6.07, 6.45) is 4.24. The third-order valence-corrected chi connectivity index (χ3v) is 7.11. The SMILES string of the molecule is C=CC(=C)Nc1ccc2c(c1)sc1cc3c(cc12)C(C)(C)CCC3(C)C. The topological polar surface area (TPSA) is 12.0 Å². The third-order valence-electron chi connectivity index (χ3n) is 6.00. The van der Waals surface area contributed by atoms with Gasteiger partial charge in [0.2, 0.25) is 0 Å². The first-order valence-corrected chi connectivity index (χ1v) is 10.1. The van der Waals surface area contributed by atoms with Crippen LogP contribution in [0.2, 0.25) is 0 Å². The average molecular weight is 362 g/mol. The summed E-state index contributed by atoms with van der Waals surface area (Å²) in [4.78, 5) is 0. The molecule has 1 aromatic heterocycles. The fourth-order valence-electron chi connectivity index (χ4n) is 4.15. The Hall–Kier alpha value is -2.06. The first kappa shape index (κ1) is 17.4. The zero-order chi connectivity index (χ0) is 18.7. The van der Waals surface area contributed by atoms with Crippen LogP contribution in [0.1, 0.15) is 51.7 Å². The van der Waals surface area contributed by atoms with E-state index in [1.807, 2.05) is 11.3 Å². The molecule has 0 aliphatic heterocycles. The van der Waals surface area contributed by atoms with Gasteiger partial charge in [-0.1, -0.05) is 46.9 Å². The monoisotopic (exact) mass is 361 g/mol. The van der Waals surface area contributed by atoms with E-state index in [1.165, 1.54) is 44.1 Å². The summed E-state index contributed by atoms with van der Waals surface area (Å²) in [5, 5.41) is 6.04. The number of anilines is 1. The molecule has 0 bridgehead atoms. The zero-order valence-corrected chi connectivity index (χ0v) is 17.0. The van der Waals surface area contributed by atoms with Crippen LogP contribution in [0.25, 0.3) is 20.2 Å². The molecule has 1 N–H and O–H groups in total. The summed E-state index contributed by atoms with van der Waals surface area (Å²) in [7, 11) is 0. The molecule has 2 aromatic carbocycles. The van der Waals surface area contributed by atoms with Gasteiger partial charge in [0.05, 0.1) is 0 Å². The average Bonchev–Trinajstić information content (AvgIpc) is 2.95. The molecular formula is C24H27NS. The van der Waals surface area contributed by atoms with Crippen LogP contribution in [-0.4, -0.2) is 0 Å². The number of thiophene rings is 1. The molecule has 26 heavy (non-hydrogen) atoms. The molecule has 0 spiro atoms. The first-order valence-electron chi connectivity index (χ1n) is 9.31. The van der Waals surface area contributed by atoms with Crippen molar-refractivity contribution < 1.29 is 0 Å². The lowest BCUT2D eigenvalue weighted by atomic mass is 9.63. The normalized spacial score (nSPS) is 17.8. The van der Waals surface area contributed by atoms with Gasteiger partial charge >= 0.3 is 0 Å². The van der Waals surface area contributed by atoms with E-state index < -0.39 is 0 Å². The van der Waals surface area contributed by atoms with Crippen molar-refractivity contribution in [2.24, 2.45) is 0 Å². The Balaban J connectivity index is 1.93. The van der Waals surface area contributed by atoms with Gasteiger partial charge in [0, 0.05) is 31.6 Å². The van der Waals surface area contributed by atoms with Gasteiger partial charge in [-0.25, -0.2) is 0 Å². The van der Waals surface area contributed by atoms with E-state index in [9.17, 15) is 0 Å². The second-order valence-electron chi connectivity index (χ2n) is 8.83. The zero-order valence-electron chi connectivity index (χ0n) is 16.2. The predicted octanol–water partition coefficient (Wildman–Crippen LogP) is 7.52. The van der Waals surface area contributed by atoms with Crippen molar-refractivity contribution in [1.82, 2.24) is 0 Å². The highest BCUT2D eigenvalue weighted by Gasteiger charge is 2.37. The van der Waals surface area contributed by atoms with Gasteiger partial charge in [-0.2, -0.15) is 0 Å². The Morgan fingerprint density at radius 1 is 0.962 bits per heavy atom. The molecule has 0 fully saturated rings. The highest BCUT2D eigenvalue weighted by atomic mass is 32.1. The van der Waals surface area contributed by atoms with Crippen LogP contribution >= 0.6 is 11.3 Å². The molecular weight excluding hydrogens is 334 g/mol. The molecule has 1 aliphatic carbocycles. The lowest BCUT2D eigenvalue weighted by Gasteiger charge is -2.41. The number of allylic oxidation sites excluding steroid dienone is 1. The molecule has 0 saturated carbocycles. The third kappa shape index (κ3) is 2.68. The molecule has 2 heteroatoms. The van der Waals surface area contributed by atoms with Crippen molar-refractivity contribution in [2.45, 2.75) is 51.4 Å². The Kier molecular flexibility index (Phi) is 3.82. The molecule has 1 aliphatic rings. The van der Waals surface area contributed by atoms with Crippen LogP contribution in [0.3, 0.4) is 0 Å². The Bertz CT molecular complexity index is 1050. The van der Waals surface area contributed by atoms with Crippen molar-refractivity contribution in [3.63, 3.8) is 0 Å². The minimum absolute atomic E-state index is 0.247. The van der Waals surface area contributed by atoms with Gasteiger partial charge in [-0.3, -0.25) is 0 Å². The van der Waals surface area contributed by atoms with E-state index in [2.05, 4.69) is 76.5 Å². The van der Waals surface area contributed by atoms with Crippen molar-refractivity contribution in [1.29, 1.82) is 0 Å². The van der Waals surface area contributed by atoms with Crippen LogP contribution in [0.5, 0.6) is 0 Å². The maximum atomic E-state index is 3.95. The van der Waals surface area contributed by atoms with Gasteiger partial charge in [0.15, 0.2) is 0 Å². The Morgan fingerprint density at radius 2 is 1.58 bits per heavy atom. The summed E-state index contributed by atoms with van der Waals surface area (Å²) in [5.74, 6) is 0. The fourth-order valence-corrected chi connectivity index (χ4v) is 5.32. The molecule has 0 radical (unpaired) electrons. The van der Waals surface area contributed by atoms with E-state index in [4.69, 9.17) is 0 Å². The Morgan fingerprint density at radius 3 is 2.23 bits per heavy atom. The lowest BCUT2D eigenvalue weighted by molar-refractivity contribution is 0.332. The quantitative estimate of drug-likeness (QED) is 0.476. The number of hydrogen-bond donors (Lipinski definition) is 1. The maximum Gasteiger partial charge on any atom is 0.0398 e. The summed E-state index contributed by atoms with van der Waals surface area (Å²) >= 11 is 1.89.